The van der Waals surface area contributed by atoms with Crippen LogP contribution in [0.4, 0.5) is 18.9 Å². The molecule has 0 radical (unpaired) electrons. The maximum Gasteiger partial charge on any atom is 0.416 e. The van der Waals surface area contributed by atoms with Crippen molar-refractivity contribution in [2.24, 2.45) is 5.92 Å². The highest BCUT2D eigenvalue weighted by Gasteiger charge is 2.35. The second-order valence-corrected chi connectivity index (χ2v) is 9.52. The summed E-state index contributed by atoms with van der Waals surface area (Å²) >= 11 is 6.13. The number of nitrogens with one attached hydrogen (secondary N) is 1. The van der Waals surface area contributed by atoms with E-state index in [-0.39, 0.29) is 31.8 Å². The van der Waals surface area contributed by atoms with Gasteiger partial charge in [0.1, 0.15) is 0 Å². The number of carbonyl (C=O) groups excluding carboxylic acids is 1. The minimum absolute atomic E-state index is 0.0400. The summed E-state index contributed by atoms with van der Waals surface area (Å²) in [6.07, 6.45) is -4.12. The Kier molecular flexibility index (Phi) is 6.45. The average molecular weight is 461 g/mol. The molecule has 3 rings (SSSR count). The molecule has 0 aliphatic carbocycles. The molecule has 5 nitrogen and oxygen atoms in total. The number of rotatable bonds is 4. The zero-order chi connectivity index (χ0) is 22.1. The van der Waals surface area contributed by atoms with Crippen molar-refractivity contribution in [3.05, 3.63) is 58.6 Å². The number of aryl methyl sites for hydroxylation is 1. The largest absolute Gasteiger partial charge is 0.416 e. The molecule has 0 saturated carbocycles. The van der Waals surface area contributed by atoms with Crippen molar-refractivity contribution in [1.82, 2.24) is 4.31 Å². The van der Waals surface area contributed by atoms with Gasteiger partial charge in [0.05, 0.1) is 21.2 Å². The molecule has 1 N–H and O–H groups in total. The summed E-state index contributed by atoms with van der Waals surface area (Å²) in [5.74, 6) is -0.688. The van der Waals surface area contributed by atoms with Gasteiger partial charge in [-0.1, -0.05) is 23.7 Å². The topological polar surface area (TPSA) is 66.5 Å². The lowest BCUT2D eigenvalue weighted by Gasteiger charge is -2.30. The molecule has 0 spiro atoms. The second-order valence-electron chi connectivity index (χ2n) is 7.18. The molecule has 30 heavy (non-hydrogen) atoms. The first-order chi connectivity index (χ1) is 14.0. The van der Waals surface area contributed by atoms with Crippen molar-refractivity contribution in [2.75, 3.05) is 18.4 Å². The lowest BCUT2D eigenvalue weighted by atomic mass is 9.97. The number of nitrogens with zero attached hydrogens (tertiary/aromatic N) is 1. The molecule has 0 unspecified atom stereocenters. The monoisotopic (exact) mass is 460 g/mol. The Labute approximate surface area is 177 Å². The summed E-state index contributed by atoms with van der Waals surface area (Å²) in [5, 5.41) is 3.16. The molecule has 1 heterocycles. The molecule has 0 atom stereocenters. The quantitative estimate of drug-likeness (QED) is 0.718. The van der Waals surface area contributed by atoms with Crippen LogP contribution in [0.2, 0.25) is 5.02 Å². The van der Waals surface area contributed by atoms with Crippen molar-refractivity contribution >= 4 is 33.2 Å². The highest BCUT2D eigenvalue weighted by Crippen LogP contribution is 2.32. The van der Waals surface area contributed by atoms with Gasteiger partial charge in [-0.3, -0.25) is 4.79 Å². The Morgan fingerprint density at radius 2 is 1.80 bits per heavy atom. The minimum Gasteiger partial charge on any atom is -0.325 e. The normalized spacial score (nSPS) is 16.4. The van der Waals surface area contributed by atoms with Crippen LogP contribution in [-0.4, -0.2) is 31.7 Å². The molecule has 2 aromatic rings. The third-order valence-corrected chi connectivity index (χ3v) is 7.21. The predicted octanol–water partition coefficient (Wildman–Crippen LogP) is 4.71. The van der Waals surface area contributed by atoms with E-state index in [2.05, 4.69) is 5.32 Å². The fourth-order valence-electron chi connectivity index (χ4n) is 3.30. The van der Waals surface area contributed by atoms with Gasteiger partial charge in [0, 0.05) is 19.0 Å². The van der Waals surface area contributed by atoms with Gasteiger partial charge in [0.25, 0.3) is 0 Å². The van der Waals surface area contributed by atoms with E-state index in [1.165, 1.54) is 0 Å². The van der Waals surface area contributed by atoms with Crippen LogP contribution in [0.3, 0.4) is 0 Å². The highest BCUT2D eigenvalue weighted by molar-refractivity contribution is 7.89. The molecule has 0 aromatic heterocycles. The van der Waals surface area contributed by atoms with Crippen molar-refractivity contribution in [3.63, 3.8) is 0 Å². The average Bonchev–Trinajstić information content (AvgIpc) is 2.69. The molecule has 1 aliphatic heterocycles. The molecule has 1 amide bonds. The van der Waals surface area contributed by atoms with Crippen LogP contribution in [0, 0.1) is 12.8 Å². The highest BCUT2D eigenvalue weighted by atomic mass is 35.5. The second kappa shape index (κ2) is 8.56. The number of piperidine rings is 1. The third-order valence-electron chi connectivity index (χ3n) is 5.01. The zero-order valence-corrected chi connectivity index (χ0v) is 17.6. The fraction of sp³-hybridized carbons (Fsp3) is 0.350. The molecule has 162 valence electrons. The Morgan fingerprint density at radius 1 is 1.13 bits per heavy atom. The van der Waals surface area contributed by atoms with Crippen molar-refractivity contribution in [3.8, 4) is 0 Å². The maximum atomic E-state index is 12.9. The van der Waals surface area contributed by atoms with Crippen LogP contribution in [0.25, 0.3) is 0 Å². The minimum atomic E-state index is -4.63. The number of amides is 1. The first kappa shape index (κ1) is 22.6. The maximum absolute atomic E-state index is 12.9. The van der Waals surface area contributed by atoms with Gasteiger partial charge in [-0.25, -0.2) is 8.42 Å². The first-order valence-electron chi connectivity index (χ1n) is 9.23. The van der Waals surface area contributed by atoms with Crippen LogP contribution >= 0.6 is 11.6 Å². The molecule has 0 bridgehead atoms. The van der Waals surface area contributed by atoms with Gasteiger partial charge >= 0.3 is 6.18 Å². The number of anilines is 1. The van der Waals surface area contributed by atoms with Gasteiger partial charge < -0.3 is 5.32 Å². The van der Waals surface area contributed by atoms with E-state index in [0.717, 1.165) is 28.1 Å². The van der Waals surface area contributed by atoms with Crippen LogP contribution in [0.15, 0.2) is 47.4 Å². The number of hydrogen-bond acceptors (Lipinski definition) is 3. The number of hydrogen-bond donors (Lipinski definition) is 1. The smallest absolute Gasteiger partial charge is 0.325 e. The predicted molar refractivity (Wildman–Crippen MR) is 108 cm³/mol. The van der Waals surface area contributed by atoms with Gasteiger partial charge in [-0.15, -0.1) is 0 Å². The number of sulfonamides is 1. The Balaban J connectivity index is 1.66. The van der Waals surface area contributed by atoms with Crippen LogP contribution in [0.5, 0.6) is 0 Å². The summed E-state index contributed by atoms with van der Waals surface area (Å²) in [4.78, 5) is 12.1. The molecule has 1 saturated heterocycles. The van der Waals surface area contributed by atoms with Crippen molar-refractivity contribution in [2.45, 2.75) is 30.8 Å². The molecule has 10 heteroatoms. The number of halogens is 4. The van der Waals surface area contributed by atoms with Crippen molar-refractivity contribution in [1.29, 1.82) is 0 Å². The summed E-state index contributed by atoms with van der Waals surface area (Å²) in [6, 6.07) is 8.90. The van der Waals surface area contributed by atoms with E-state index in [0.29, 0.717) is 16.8 Å². The first-order valence-corrected chi connectivity index (χ1v) is 11.0. The zero-order valence-electron chi connectivity index (χ0n) is 16.0. The molecular weight excluding hydrogens is 441 g/mol. The third kappa shape index (κ3) is 4.96. The number of carbonyl (C=O) groups is 1. The number of benzene rings is 2. The van der Waals surface area contributed by atoms with Crippen molar-refractivity contribution < 1.29 is 26.4 Å². The Morgan fingerprint density at radius 3 is 2.40 bits per heavy atom. The van der Waals surface area contributed by atoms with Gasteiger partial charge in [0.15, 0.2) is 0 Å². The van der Waals surface area contributed by atoms with Gasteiger partial charge in [0.2, 0.25) is 15.9 Å². The SMILES string of the molecule is Cc1ccc(NC(=O)C2CCN(S(=O)(=O)c3cccc(C(F)(F)F)c3)CC2)c(Cl)c1. The van der Waals surface area contributed by atoms with E-state index in [1.807, 2.05) is 13.0 Å². The molecule has 1 fully saturated rings. The lowest BCUT2D eigenvalue weighted by molar-refractivity contribution is -0.137. The number of alkyl halides is 3. The van der Waals surface area contributed by atoms with Gasteiger partial charge in [-0.05, 0) is 55.7 Å². The van der Waals surface area contributed by atoms with E-state index in [9.17, 15) is 26.4 Å². The molecule has 1 aliphatic rings. The Hall–Kier alpha value is -2.10. The van der Waals surface area contributed by atoms with E-state index >= 15 is 0 Å². The summed E-state index contributed by atoms with van der Waals surface area (Å²) in [6.45, 7) is 1.95. The van der Waals surface area contributed by atoms with Crippen LogP contribution in [0.1, 0.15) is 24.0 Å². The fourth-order valence-corrected chi connectivity index (χ4v) is 5.10. The van der Waals surface area contributed by atoms with Gasteiger partial charge in [-0.2, -0.15) is 17.5 Å². The molecular formula is C20H20ClF3N2O3S. The lowest BCUT2D eigenvalue weighted by Crippen LogP contribution is -2.41. The van der Waals surface area contributed by atoms with Crippen LogP contribution in [-0.2, 0) is 21.0 Å². The summed E-state index contributed by atoms with van der Waals surface area (Å²) in [7, 11) is -4.08. The van der Waals surface area contributed by atoms with E-state index < -0.39 is 32.6 Å². The standard InChI is InChI=1S/C20H20ClF3N2O3S/c1-13-5-6-18(17(21)11-13)25-19(27)14-7-9-26(10-8-14)30(28,29)16-4-2-3-15(12-16)20(22,23)24/h2-6,11-12,14H,7-10H2,1H3,(H,25,27). The molecule has 2 aromatic carbocycles. The summed E-state index contributed by atoms with van der Waals surface area (Å²) in [5.41, 5.74) is 0.408. The van der Waals surface area contributed by atoms with E-state index in [1.54, 1.807) is 12.1 Å². The Bertz CT molecular complexity index is 1050. The summed E-state index contributed by atoms with van der Waals surface area (Å²) < 4.78 is 65.3. The van der Waals surface area contributed by atoms with E-state index in [4.69, 9.17) is 11.6 Å². The van der Waals surface area contributed by atoms with Crippen LogP contribution < -0.4 is 5.32 Å².